The van der Waals surface area contributed by atoms with Crippen molar-refractivity contribution in [3.05, 3.63) is 23.9 Å². The molecule has 0 bridgehead atoms. The molecular formula is C18H28N4O4S. The number of morpholine rings is 1. The second-order valence-corrected chi connectivity index (χ2v) is 9.22. The van der Waals surface area contributed by atoms with E-state index in [9.17, 15) is 13.2 Å². The monoisotopic (exact) mass is 396 g/mol. The molecule has 2 fully saturated rings. The quantitative estimate of drug-likeness (QED) is 0.788. The maximum atomic E-state index is 12.9. The Bertz CT molecular complexity index is 762. The lowest BCUT2D eigenvalue weighted by molar-refractivity contribution is 0.0529. The van der Waals surface area contributed by atoms with Crippen LogP contribution < -0.4 is 9.62 Å². The average molecular weight is 397 g/mol. The van der Waals surface area contributed by atoms with Crippen LogP contribution in [0.1, 0.15) is 30.1 Å². The maximum absolute atomic E-state index is 12.9. The molecule has 0 radical (unpaired) electrons. The minimum absolute atomic E-state index is 0.00878. The summed E-state index contributed by atoms with van der Waals surface area (Å²) in [6.07, 6.45) is 4.60. The topological polar surface area (TPSA) is 91.8 Å². The summed E-state index contributed by atoms with van der Waals surface area (Å²) in [5.74, 6) is 1.09. The molecule has 8 nitrogen and oxygen atoms in total. The number of anilines is 1. The molecule has 1 N–H and O–H groups in total. The Hall–Kier alpha value is -1.71. The van der Waals surface area contributed by atoms with Gasteiger partial charge >= 0.3 is 0 Å². The van der Waals surface area contributed by atoms with E-state index < -0.39 is 10.0 Å². The minimum Gasteiger partial charge on any atom is -0.375 e. The number of ether oxygens (including phenoxy) is 1. The van der Waals surface area contributed by atoms with Crippen LogP contribution in [0.15, 0.2) is 18.3 Å². The second kappa shape index (κ2) is 8.53. The van der Waals surface area contributed by atoms with Gasteiger partial charge in [0.25, 0.3) is 5.91 Å². The van der Waals surface area contributed by atoms with Gasteiger partial charge in [0.1, 0.15) is 5.82 Å². The minimum atomic E-state index is -3.17. The normalized spacial score (nSPS) is 22.1. The van der Waals surface area contributed by atoms with Gasteiger partial charge in [-0.15, -0.1) is 0 Å². The van der Waals surface area contributed by atoms with Crippen molar-refractivity contribution in [2.75, 3.05) is 50.5 Å². The van der Waals surface area contributed by atoms with Gasteiger partial charge in [-0.1, -0.05) is 0 Å². The molecule has 9 heteroatoms. The Labute approximate surface area is 160 Å². The molecule has 2 saturated heterocycles. The number of rotatable bonds is 5. The zero-order valence-electron chi connectivity index (χ0n) is 15.9. The van der Waals surface area contributed by atoms with Crippen LogP contribution >= 0.6 is 0 Å². The molecule has 0 spiro atoms. The number of pyridine rings is 1. The fourth-order valence-corrected chi connectivity index (χ4v) is 4.08. The van der Waals surface area contributed by atoms with Crippen molar-refractivity contribution in [3.8, 4) is 0 Å². The van der Waals surface area contributed by atoms with Crippen LogP contribution in [0.5, 0.6) is 0 Å². The number of carbonyl (C=O) groups is 1. The van der Waals surface area contributed by atoms with Crippen LogP contribution in [0, 0.1) is 5.92 Å². The van der Waals surface area contributed by atoms with E-state index >= 15 is 0 Å². The summed E-state index contributed by atoms with van der Waals surface area (Å²) in [5, 5.41) is 0. The third kappa shape index (κ3) is 5.63. The first-order chi connectivity index (χ1) is 12.8. The number of amides is 1. The lowest BCUT2D eigenvalue weighted by Crippen LogP contribution is -2.42. The van der Waals surface area contributed by atoms with Crippen molar-refractivity contribution in [3.63, 3.8) is 0 Å². The second-order valence-electron chi connectivity index (χ2n) is 7.39. The third-order valence-electron chi connectivity index (χ3n) is 5.09. The SMILES string of the molecule is CC1CN(c2cc(C(=O)N3CCC(CNS(C)(=O)=O)CC3)ccn2)CCO1. The smallest absolute Gasteiger partial charge is 0.254 e. The molecule has 1 amide bonds. The van der Waals surface area contributed by atoms with Crippen LogP contribution in [0.25, 0.3) is 0 Å². The Balaban J connectivity index is 1.58. The van der Waals surface area contributed by atoms with Crippen LogP contribution in [0.4, 0.5) is 5.82 Å². The van der Waals surface area contributed by atoms with Gasteiger partial charge in [0, 0.05) is 44.5 Å². The van der Waals surface area contributed by atoms with Crippen molar-refractivity contribution in [1.82, 2.24) is 14.6 Å². The molecule has 0 aliphatic carbocycles. The number of nitrogens with zero attached hydrogens (tertiary/aromatic N) is 3. The Morgan fingerprint density at radius 2 is 2.07 bits per heavy atom. The molecule has 150 valence electrons. The van der Waals surface area contributed by atoms with E-state index in [1.54, 1.807) is 12.3 Å². The highest BCUT2D eigenvalue weighted by Gasteiger charge is 2.25. The third-order valence-corrected chi connectivity index (χ3v) is 5.78. The predicted molar refractivity (Wildman–Crippen MR) is 103 cm³/mol. The number of carbonyl (C=O) groups excluding carboxylic acids is 1. The van der Waals surface area contributed by atoms with E-state index in [0.717, 1.165) is 31.7 Å². The summed E-state index contributed by atoms with van der Waals surface area (Å²) >= 11 is 0. The number of piperidine rings is 1. The standard InChI is InChI=1S/C18H28N4O4S/c1-14-13-22(9-10-26-14)17-11-16(3-6-19-17)18(23)21-7-4-15(5-8-21)12-20-27(2,24)25/h3,6,11,14-15,20H,4-5,7-10,12-13H2,1-2H3. The molecule has 0 aromatic carbocycles. The molecule has 0 saturated carbocycles. The molecular weight excluding hydrogens is 368 g/mol. The van der Waals surface area contributed by atoms with Gasteiger partial charge in [0.05, 0.1) is 19.0 Å². The van der Waals surface area contributed by atoms with E-state index in [-0.39, 0.29) is 17.9 Å². The molecule has 1 unspecified atom stereocenters. The molecule has 2 aliphatic rings. The van der Waals surface area contributed by atoms with E-state index in [2.05, 4.69) is 14.6 Å². The molecule has 3 heterocycles. The fraction of sp³-hybridized carbons (Fsp3) is 0.667. The van der Waals surface area contributed by atoms with E-state index in [1.807, 2.05) is 17.9 Å². The van der Waals surface area contributed by atoms with Gasteiger partial charge in [-0.25, -0.2) is 18.1 Å². The van der Waals surface area contributed by atoms with E-state index in [0.29, 0.717) is 31.8 Å². The van der Waals surface area contributed by atoms with Gasteiger partial charge in [-0.2, -0.15) is 0 Å². The highest BCUT2D eigenvalue weighted by Crippen LogP contribution is 2.21. The van der Waals surface area contributed by atoms with Crippen molar-refractivity contribution < 1.29 is 17.9 Å². The summed E-state index contributed by atoms with van der Waals surface area (Å²) in [6.45, 7) is 5.95. The Morgan fingerprint density at radius 3 is 2.74 bits per heavy atom. The van der Waals surface area contributed by atoms with Crippen molar-refractivity contribution in [1.29, 1.82) is 0 Å². The van der Waals surface area contributed by atoms with Crippen molar-refractivity contribution in [2.24, 2.45) is 5.92 Å². The Kier molecular flexibility index (Phi) is 6.33. The van der Waals surface area contributed by atoms with Crippen molar-refractivity contribution >= 4 is 21.7 Å². The average Bonchev–Trinajstić information content (AvgIpc) is 2.66. The van der Waals surface area contributed by atoms with E-state index in [4.69, 9.17) is 4.74 Å². The van der Waals surface area contributed by atoms with Crippen LogP contribution in [-0.4, -0.2) is 75.9 Å². The predicted octanol–water partition coefficient (Wildman–Crippen LogP) is 0.708. The Morgan fingerprint density at radius 1 is 1.33 bits per heavy atom. The van der Waals surface area contributed by atoms with Gasteiger partial charge in [-0.05, 0) is 37.8 Å². The molecule has 1 aromatic rings. The summed E-state index contributed by atoms with van der Waals surface area (Å²) in [7, 11) is -3.17. The highest BCUT2D eigenvalue weighted by atomic mass is 32.2. The van der Waals surface area contributed by atoms with Crippen LogP contribution in [-0.2, 0) is 14.8 Å². The number of hydrogen-bond donors (Lipinski definition) is 1. The lowest BCUT2D eigenvalue weighted by Gasteiger charge is -2.33. The van der Waals surface area contributed by atoms with Gasteiger partial charge in [0.15, 0.2) is 0 Å². The largest absolute Gasteiger partial charge is 0.375 e. The van der Waals surface area contributed by atoms with E-state index in [1.165, 1.54) is 6.26 Å². The number of aromatic nitrogens is 1. The summed E-state index contributed by atoms with van der Waals surface area (Å²) in [4.78, 5) is 21.3. The first-order valence-corrected chi connectivity index (χ1v) is 11.3. The summed E-state index contributed by atoms with van der Waals surface area (Å²) < 4.78 is 30.6. The number of likely N-dealkylation sites (tertiary alicyclic amines) is 1. The molecule has 27 heavy (non-hydrogen) atoms. The van der Waals surface area contributed by atoms with Gasteiger partial charge in [-0.3, -0.25) is 4.79 Å². The molecule has 1 atom stereocenters. The first-order valence-electron chi connectivity index (χ1n) is 9.38. The molecule has 2 aliphatic heterocycles. The van der Waals surface area contributed by atoms with Gasteiger partial charge < -0.3 is 14.5 Å². The highest BCUT2D eigenvalue weighted by molar-refractivity contribution is 7.88. The molecule has 1 aromatic heterocycles. The zero-order valence-corrected chi connectivity index (χ0v) is 16.7. The number of nitrogens with one attached hydrogen (secondary N) is 1. The summed E-state index contributed by atoms with van der Waals surface area (Å²) in [6, 6.07) is 3.62. The van der Waals surface area contributed by atoms with Crippen molar-refractivity contribution in [2.45, 2.75) is 25.9 Å². The van der Waals surface area contributed by atoms with Gasteiger partial charge in [0.2, 0.25) is 10.0 Å². The number of hydrogen-bond acceptors (Lipinski definition) is 6. The summed E-state index contributed by atoms with van der Waals surface area (Å²) in [5.41, 5.74) is 0.645. The first kappa shape index (κ1) is 20.0. The van der Waals surface area contributed by atoms with Crippen LogP contribution in [0.2, 0.25) is 0 Å². The maximum Gasteiger partial charge on any atom is 0.254 e. The zero-order chi connectivity index (χ0) is 19.4. The van der Waals surface area contributed by atoms with Crippen LogP contribution in [0.3, 0.4) is 0 Å². The molecule has 3 rings (SSSR count). The fourth-order valence-electron chi connectivity index (χ4n) is 3.54. The lowest BCUT2D eigenvalue weighted by atomic mass is 9.96. The number of sulfonamides is 1.